The Morgan fingerprint density at radius 3 is 2.76 bits per heavy atom. The van der Waals surface area contributed by atoms with E-state index in [1.807, 2.05) is 11.8 Å². The van der Waals surface area contributed by atoms with Crippen molar-refractivity contribution < 1.29 is 9.53 Å². The predicted octanol–water partition coefficient (Wildman–Crippen LogP) is 2.51. The lowest BCUT2D eigenvalue weighted by Gasteiger charge is -2.21. The SMILES string of the molecule is CCCN(CC(=O)OCC)c1ccc(Cl)cn1. The quantitative estimate of drug-likeness (QED) is 0.734. The Labute approximate surface area is 107 Å². The summed E-state index contributed by atoms with van der Waals surface area (Å²) in [7, 11) is 0. The molecule has 4 nitrogen and oxygen atoms in total. The van der Waals surface area contributed by atoms with Crippen molar-refractivity contribution in [2.24, 2.45) is 0 Å². The molecule has 0 spiro atoms. The summed E-state index contributed by atoms with van der Waals surface area (Å²) in [6, 6.07) is 3.56. The highest BCUT2D eigenvalue weighted by atomic mass is 35.5. The number of hydrogen-bond acceptors (Lipinski definition) is 4. The topological polar surface area (TPSA) is 42.4 Å². The number of esters is 1. The Balaban J connectivity index is 2.71. The number of aromatic nitrogens is 1. The molecule has 1 heterocycles. The average Bonchev–Trinajstić information content (AvgIpc) is 2.30. The van der Waals surface area contributed by atoms with E-state index in [1.165, 1.54) is 0 Å². The highest BCUT2D eigenvalue weighted by molar-refractivity contribution is 6.30. The Morgan fingerprint density at radius 2 is 2.24 bits per heavy atom. The molecule has 0 fully saturated rings. The fourth-order valence-corrected chi connectivity index (χ4v) is 1.57. The first-order chi connectivity index (χ1) is 8.17. The first-order valence-corrected chi connectivity index (χ1v) is 6.07. The second-order valence-electron chi connectivity index (χ2n) is 3.56. The van der Waals surface area contributed by atoms with Crippen LogP contribution in [-0.4, -0.2) is 30.6 Å². The Bertz CT molecular complexity index is 354. The highest BCUT2D eigenvalue weighted by Crippen LogP contribution is 2.14. The van der Waals surface area contributed by atoms with Crippen LogP contribution in [0.15, 0.2) is 18.3 Å². The van der Waals surface area contributed by atoms with Gasteiger partial charge in [-0.05, 0) is 25.5 Å². The summed E-state index contributed by atoms with van der Waals surface area (Å²) in [4.78, 5) is 17.5. The fraction of sp³-hybridized carbons (Fsp3) is 0.500. The number of carbonyl (C=O) groups is 1. The molecule has 0 amide bonds. The number of ether oxygens (including phenoxy) is 1. The number of carbonyl (C=O) groups excluding carboxylic acids is 1. The van der Waals surface area contributed by atoms with E-state index in [0.29, 0.717) is 11.6 Å². The third-order valence-corrected chi connectivity index (χ3v) is 2.38. The molecular weight excluding hydrogens is 240 g/mol. The molecule has 0 saturated heterocycles. The van der Waals surface area contributed by atoms with E-state index in [9.17, 15) is 4.79 Å². The molecule has 1 rings (SSSR count). The molecule has 0 aromatic carbocycles. The largest absolute Gasteiger partial charge is 0.465 e. The van der Waals surface area contributed by atoms with Gasteiger partial charge in [-0.15, -0.1) is 0 Å². The third-order valence-electron chi connectivity index (χ3n) is 2.15. The van der Waals surface area contributed by atoms with Crippen LogP contribution in [-0.2, 0) is 9.53 Å². The van der Waals surface area contributed by atoms with Gasteiger partial charge in [0, 0.05) is 12.7 Å². The first kappa shape index (κ1) is 13.8. The van der Waals surface area contributed by atoms with Crippen molar-refractivity contribution in [2.45, 2.75) is 20.3 Å². The van der Waals surface area contributed by atoms with E-state index in [4.69, 9.17) is 16.3 Å². The van der Waals surface area contributed by atoms with Crippen molar-refractivity contribution in [3.63, 3.8) is 0 Å². The van der Waals surface area contributed by atoms with Crippen LogP contribution >= 0.6 is 11.6 Å². The molecule has 0 atom stereocenters. The maximum Gasteiger partial charge on any atom is 0.325 e. The zero-order valence-corrected chi connectivity index (χ0v) is 10.9. The van der Waals surface area contributed by atoms with Gasteiger partial charge in [-0.3, -0.25) is 4.79 Å². The van der Waals surface area contributed by atoms with Crippen LogP contribution in [0.3, 0.4) is 0 Å². The highest BCUT2D eigenvalue weighted by Gasteiger charge is 2.12. The van der Waals surface area contributed by atoms with Crippen molar-refractivity contribution in [1.82, 2.24) is 4.98 Å². The number of hydrogen-bond donors (Lipinski definition) is 0. The van der Waals surface area contributed by atoms with Gasteiger partial charge >= 0.3 is 5.97 Å². The van der Waals surface area contributed by atoms with Crippen LogP contribution in [0.4, 0.5) is 5.82 Å². The molecule has 17 heavy (non-hydrogen) atoms. The molecule has 0 unspecified atom stereocenters. The van der Waals surface area contributed by atoms with E-state index in [0.717, 1.165) is 18.8 Å². The summed E-state index contributed by atoms with van der Waals surface area (Å²) in [5.41, 5.74) is 0. The number of rotatable bonds is 6. The van der Waals surface area contributed by atoms with Crippen LogP contribution < -0.4 is 4.90 Å². The summed E-state index contributed by atoms with van der Waals surface area (Å²) in [5, 5.41) is 0.585. The molecule has 1 aromatic heterocycles. The molecule has 0 bridgehead atoms. The summed E-state index contributed by atoms with van der Waals surface area (Å²) in [5.74, 6) is 0.502. The summed E-state index contributed by atoms with van der Waals surface area (Å²) >= 11 is 5.78. The molecule has 1 aromatic rings. The van der Waals surface area contributed by atoms with E-state index in [1.54, 1.807) is 25.3 Å². The van der Waals surface area contributed by atoms with Crippen molar-refractivity contribution in [1.29, 1.82) is 0 Å². The van der Waals surface area contributed by atoms with Gasteiger partial charge in [0.2, 0.25) is 0 Å². The standard InChI is InChI=1S/C12H17ClN2O2/c1-3-7-15(9-12(16)17-4-2)11-6-5-10(13)8-14-11/h5-6,8H,3-4,7,9H2,1-2H3. The summed E-state index contributed by atoms with van der Waals surface area (Å²) in [6.45, 7) is 5.22. The van der Waals surface area contributed by atoms with Gasteiger partial charge in [0.1, 0.15) is 12.4 Å². The Morgan fingerprint density at radius 1 is 1.47 bits per heavy atom. The lowest BCUT2D eigenvalue weighted by molar-refractivity contribution is -0.141. The van der Waals surface area contributed by atoms with Crippen molar-refractivity contribution in [3.05, 3.63) is 23.4 Å². The lowest BCUT2D eigenvalue weighted by Crippen LogP contribution is -2.32. The van der Waals surface area contributed by atoms with E-state index in [2.05, 4.69) is 4.98 Å². The van der Waals surface area contributed by atoms with Crippen LogP contribution in [0.1, 0.15) is 20.3 Å². The Kier molecular flexibility index (Phi) is 5.77. The number of halogens is 1. The maximum absolute atomic E-state index is 11.5. The summed E-state index contributed by atoms with van der Waals surface area (Å²) < 4.78 is 4.93. The second-order valence-corrected chi connectivity index (χ2v) is 4.00. The lowest BCUT2D eigenvalue weighted by atomic mass is 10.3. The molecule has 5 heteroatoms. The molecule has 0 aliphatic carbocycles. The van der Waals surface area contributed by atoms with Crippen molar-refractivity contribution in [2.75, 3.05) is 24.6 Å². The maximum atomic E-state index is 11.5. The molecule has 0 aliphatic heterocycles. The number of pyridine rings is 1. The Hall–Kier alpha value is -1.29. The van der Waals surface area contributed by atoms with Gasteiger partial charge in [-0.2, -0.15) is 0 Å². The molecule has 0 radical (unpaired) electrons. The minimum absolute atomic E-state index is 0.219. The smallest absolute Gasteiger partial charge is 0.325 e. The minimum atomic E-state index is -0.238. The van der Waals surface area contributed by atoms with Crippen LogP contribution in [0.5, 0.6) is 0 Å². The van der Waals surface area contributed by atoms with Crippen molar-refractivity contribution >= 4 is 23.4 Å². The van der Waals surface area contributed by atoms with Crippen LogP contribution in [0, 0.1) is 0 Å². The van der Waals surface area contributed by atoms with E-state index in [-0.39, 0.29) is 12.5 Å². The van der Waals surface area contributed by atoms with Gasteiger partial charge in [-0.25, -0.2) is 4.98 Å². The predicted molar refractivity (Wildman–Crippen MR) is 68.4 cm³/mol. The van der Waals surface area contributed by atoms with Gasteiger partial charge in [0.05, 0.1) is 11.6 Å². The summed E-state index contributed by atoms with van der Waals surface area (Å²) in [6.07, 6.45) is 2.51. The van der Waals surface area contributed by atoms with Crippen LogP contribution in [0.2, 0.25) is 5.02 Å². The fourth-order valence-electron chi connectivity index (χ4n) is 1.46. The van der Waals surface area contributed by atoms with Crippen molar-refractivity contribution in [3.8, 4) is 0 Å². The second kappa shape index (κ2) is 7.12. The third kappa shape index (κ3) is 4.61. The van der Waals surface area contributed by atoms with Gasteiger partial charge in [-0.1, -0.05) is 18.5 Å². The number of nitrogens with zero attached hydrogens (tertiary/aromatic N) is 2. The van der Waals surface area contributed by atoms with Gasteiger partial charge in [0.25, 0.3) is 0 Å². The zero-order valence-electron chi connectivity index (χ0n) is 10.1. The molecule has 0 N–H and O–H groups in total. The minimum Gasteiger partial charge on any atom is -0.465 e. The van der Waals surface area contributed by atoms with E-state index < -0.39 is 0 Å². The molecule has 0 aliphatic rings. The zero-order chi connectivity index (χ0) is 12.7. The first-order valence-electron chi connectivity index (χ1n) is 5.69. The molecular formula is C12H17ClN2O2. The molecule has 0 saturated carbocycles. The van der Waals surface area contributed by atoms with Gasteiger partial charge in [0.15, 0.2) is 0 Å². The van der Waals surface area contributed by atoms with Crippen LogP contribution in [0.25, 0.3) is 0 Å². The molecule has 94 valence electrons. The number of anilines is 1. The monoisotopic (exact) mass is 256 g/mol. The average molecular weight is 257 g/mol. The normalized spacial score (nSPS) is 10.1. The van der Waals surface area contributed by atoms with Gasteiger partial charge < -0.3 is 9.64 Å². The van der Waals surface area contributed by atoms with E-state index >= 15 is 0 Å².